The Morgan fingerprint density at radius 2 is 2.48 bits per heavy atom. The van der Waals surface area contributed by atoms with Crippen molar-refractivity contribution in [3.05, 3.63) is 30.0 Å². The first-order valence-corrected chi connectivity index (χ1v) is 6.96. The molecule has 21 heavy (non-hydrogen) atoms. The van der Waals surface area contributed by atoms with E-state index in [4.69, 9.17) is 4.74 Å². The quantitative estimate of drug-likeness (QED) is 0.913. The first-order chi connectivity index (χ1) is 10.3. The van der Waals surface area contributed by atoms with Gasteiger partial charge < -0.3 is 15.0 Å². The van der Waals surface area contributed by atoms with Gasteiger partial charge in [-0.2, -0.15) is 5.26 Å². The van der Waals surface area contributed by atoms with E-state index < -0.39 is 0 Å². The summed E-state index contributed by atoms with van der Waals surface area (Å²) in [6.07, 6.45) is 1.81. The molecule has 3 heterocycles. The molecule has 0 spiro atoms. The van der Waals surface area contributed by atoms with Crippen molar-refractivity contribution in [1.29, 1.82) is 5.26 Å². The van der Waals surface area contributed by atoms with Gasteiger partial charge in [0.15, 0.2) is 5.65 Å². The van der Waals surface area contributed by atoms with Crippen LogP contribution in [-0.4, -0.2) is 54.3 Å². The third-order valence-electron chi connectivity index (χ3n) is 3.55. The summed E-state index contributed by atoms with van der Waals surface area (Å²) >= 11 is 0. The summed E-state index contributed by atoms with van der Waals surface area (Å²) in [5.41, 5.74) is 1.17. The van der Waals surface area contributed by atoms with Crippen molar-refractivity contribution >= 4 is 16.9 Å². The molecule has 0 aromatic carbocycles. The average molecular weight is 283 g/mol. The number of nitriles is 1. The zero-order valence-electron chi connectivity index (χ0n) is 11.9. The Morgan fingerprint density at radius 3 is 3.29 bits per heavy atom. The minimum absolute atomic E-state index is 0.108. The molecule has 1 fully saturated rings. The monoisotopic (exact) mass is 283 g/mol. The molecule has 1 atom stereocenters. The van der Waals surface area contributed by atoms with Crippen LogP contribution in [0.2, 0.25) is 0 Å². The van der Waals surface area contributed by atoms with E-state index >= 15 is 0 Å². The summed E-state index contributed by atoms with van der Waals surface area (Å²) < 4.78 is 5.70. The molecule has 1 N–H and O–H groups in total. The van der Waals surface area contributed by atoms with Crippen molar-refractivity contribution in [2.75, 3.05) is 38.6 Å². The van der Waals surface area contributed by atoms with Crippen LogP contribution < -0.4 is 5.32 Å². The van der Waals surface area contributed by atoms with E-state index in [1.54, 1.807) is 6.20 Å². The molecular weight excluding hydrogens is 266 g/mol. The Hall–Kier alpha value is -2.23. The largest absolute Gasteiger partial charge is 0.374 e. The molecule has 6 nitrogen and oxygen atoms in total. The van der Waals surface area contributed by atoms with Gasteiger partial charge in [0.05, 0.1) is 18.3 Å². The highest BCUT2D eigenvalue weighted by Gasteiger charge is 2.18. The van der Waals surface area contributed by atoms with Gasteiger partial charge >= 0.3 is 0 Å². The van der Waals surface area contributed by atoms with Gasteiger partial charge in [-0.25, -0.2) is 9.97 Å². The third-order valence-corrected chi connectivity index (χ3v) is 3.55. The van der Waals surface area contributed by atoms with Gasteiger partial charge in [0.1, 0.15) is 11.9 Å². The molecule has 2 aromatic heterocycles. The summed E-state index contributed by atoms with van der Waals surface area (Å²) in [6, 6.07) is 7.73. The molecule has 0 aliphatic carbocycles. The van der Waals surface area contributed by atoms with Gasteiger partial charge in [0, 0.05) is 31.2 Å². The maximum absolute atomic E-state index is 9.27. The van der Waals surface area contributed by atoms with Crippen LogP contribution in [0, 0.1) is 11.3 Å². The number of anilines is 1. The van der Waals surface area contributed by atoms with Crippen molar-refractivity contribution in [2.45, 2.75) is 6.10 Å². The lowest BCUT2D eigenvalue weighted by Crippen LogP contribution is -2.43. The number of aromatic nitrogens is 2. The van der Waals surface area contributed by atoms with Gasteiger partial charge in [-0.05, 0) is 25.2 Å². The molecule has 3 rings (SSSR count). The standard InChI is InChI=1S/C15H17N5O/c1-20-5-6-21-13(10-20)9-18-15-12(8-16)7-11-3-2-4-17-14(11)19-15/h2-4,7,13H,5-6,9-10H2,1H3,(H,17,18,19). The van der Waals surface area contributed by atoms with Gasteiger partial charge in [-0.3, -0.25) is 0 Å². The number of nitrogens with one attached hydrogen (secondary N) is 1. The SMILES string of the molecule is CN1CCOC(CNc2nc3ncccc3cc2C#N)C1. The number of hydrogen-bond acceptors (Lipinski definition) is 6. The fourth-order valence-electron chi connectivity index (χ4n) is 2.43. The molecular formula is C15H17N5O. The molecule has 0 amide bonds. The van der Waals surface area contributed by atoms with Crippen molar-refractivity contribution in [2.24, 2.45) is 0 Å². The Kier molecular flexibility index (Phi) is 3.95. The van der Waals surface area contributed by atoms with Crippen LogP contribution >= 0.6 is 0 Å². The zero-order chi connectivity index (χ0) is 14.7. The molecule has 108 valence electrons. The maximum Gasteiger partial charge on any atom is 0.161 e. The number of likely N-dealkylation sites (N-methyl/N-ethyl adjacent to an activating group) is 1. The molecule has 6 heteroatoms. The molecule has 1 aliphatic heterocycles. The Labute approximate surface area is 123 Å². The highest BCUT2D eigenvalue weighted by Crippen LogP contribution is 2.18. The normalized spacial score (nSPS) is 19.3. The lowest BCUT2D eigenvalue weighted by Gasteiger charge is -2.30. The minimum atomic E-state index is 0.108. The first-order valence-electron chi connectivity index (χ1n) is 6.96. The molecule has 0 radical (unpaired) electrons. The molecule has 0 saturated carbocycles. The minimum Gasteiger partial charge on any atom is -0.374 e. The van der Waals surface area contributed by atoms with Crippen LogP contribution in [0.15, 0.2) is 24.4 Å². The van der Waals surface area contributed by atoms with E-state index in [0.717, 1.165) is 25.1 Å². The molecule has 0 bridgehead atoms. The van der Waals surface area contributed by atoms with Crippen LogP contribution in [-0.2, 0) is 4.74 Å². The Balaban J connectivity index is 1.78. The lowest BCUT2D eigenvalue weighted by molar-refractivity contribution is -0.0117. The lowest BCUT2D eigenvalue weighted by atomic mass is 10.2. The van der Waals surface area contributed by atoms with Crippen molar-refractivity contribution in [1.82, 2.24) is 14.9 Å². The van der Waals surface area contributed by atoms with E-state index in [9.17, 15) is 5.26 Å². The third kappa shape index (κ3) is 3.10. The van der Waals surface area contributed by atoms with E-state index in [1.807, 2.05) is 18.2 Å². The van der Waals surface area contributed by atoms with Crippen LogP contribution in [0.1, 0.15) is 5.56 Å². The molecule has 2 aromatic rings. The highest BCUT2D eigenvalue weighted by atomic mass is 16.5. The second-order valence-corrected chi connectivity index (χ2v) is 5.18. The number of ether oxygens (including phenoxy) is 1. The number of nitrogens with zero attached hydrogens (tertiary/aromatic N) is 4. The zero-order valence-corrected chi connectivity index (χ0v) is 11.9. The number of morpholine rings is 1. The topological polar surface area (TPSA) is 74.1 Å². The second-order valence-electron chi connectivity index (χ2n) is 5.18. The molecule has 1 saturated heterocycles. The summed E-state index contributed by atoms with van der Waals surface area (Å²) in [5, 5.41) is 13.4. The number of hydrogen-bond donors (Lipinski definition) is 1. The van der Waals surface area contributed by atoms with Gasteiger partial charge in [-0.15, -0.1) is 0 Å². The Morgan fingerprint density at radius 1 is 1.57 bits per heavy atom. The smallest absolute Gasteiger partial charge is 0.161 e. The van der Waals surface area contributed by atoms with Gasteiger partial charge in [0.25, 0.3) is 0 Å². The second kappa shape index (κ2) is 6.04. The fourth-order valence-corrected chi connectivity index (χ4v) is 2.43. The number of fused-ring (bicyclic) bond motifs is 1. The van der Waals surface area contributed by atoms with E-state index in [0.29, 0.717) is 23.6 Å². The summed E-state index contributed by atoms with van der Waals surface area (Å²) in [6.45, 7) is 3.20. The fraction of sp³-hybridized carbons (Fsp3) is 0.400. The molecule has 1 unspecified atom stereocenters. The maximum atomic E-state index is 9.27. The van der Waals surface area contributed by atoms with E-state index in [1.165, 1.54) is 0 Å². The predicted molar refractivity (Wildman–Crippen MR) is 80.0 cm³/mol. The summed E-state index contributed by atoms with van der Waals surface area (Å²) in [7, 11) is 2.08. The highest BCUT2D eigenvalue weighted by molar-refractivity contribution is 5.79. The van der Waals surface area contributed by atoms with Crippen molar-refractivity contribution in [3.63, 3.8) is 0 Å². The number of rotatable bonds is 3. The Bertz CT molecular complexity index is 681. The van der Waals surface area contributed by atoms with Crippen molar-refractivity contribution in [3.8, 4) is 6.07 Å². The van der Waals surface area contributed by atoms with E-state index in [2.05, 4.69) is 33.3 Å². The van der Waals surface area contributed by atoms with Gasteiger partial charge in [0.2, 0.25) is 0 Å². The first kappa shape index (κ1) is 13.7. The summed E-state index contributed by atoms with van der Waals surface area (Å²) in [5.74, 6) is 0.570. The predicted octanol–water partition coefficient (Wildman–Crippen LogP) is 1.24. The molecule has 1 aliphatic rings. The van der Waals surface area contributed by atoms with E-state index in [-0.39, 0.29) is 6.10 Å². The van der Waals surface area contributed by atoms with Crippen LogP contribution in [0.4, 0.5) is 5.82 Å². The van der Waals surface area contributed by atoms with Crippen LogP contribution in [0.25, 0.3) is 11.0 Å². The summed E-state index contributed by atoms with van der Waals surface area (Å²) in [4.78, 5) is 10.9. The van der Waals surface area contributed by atoms with Crippen LogP contribution in [0.3, 0.4) is 0 Å². The average Bonchev–Trinajstić information content (AvgIpc) is 2.52. The van der Waals surface area contributed by atoms with Gasteiger partial charge in [-0.1, -0.05) is 0 Å². The number of pyridine rings is 2. The van der Waals surface area contributed by atoms with Crippen LogP contribution in [0.5, 0.6) is 0 Å². The van der Waals surface area contributed by atoms with Crippen molar-refractivity contribution < 1.29 is 4.74 Å².